The van der Waals surface area contributed by atoms with Crippen LogP contribution in [-0.2, 0) is 24.5 Å². The van der Waals surface area contributed by atoms with Gasteiger partial charge in [-0.15, -0.1) is 10.2 Å². The van der Waals surface area contributed by atoms with Crippen molar-refractivity contribution in [1.82, 2.24) is 29.9 Å². The molecule has 0 bridgehead atoms. The summed E-state index contributed by atoms with van der Waals surface area (Å²) in [6.45, 7) is 2.86. The van der Waals surface area contributed by atoms with E-state index in [4.69, 9.17) is 0 Å². The third-order valence-electron chi connectivity index (χ3n) is 5.03. The Bertz CT molecular complexity index is 925. The molecule has 4 rings (SSSR count). The molecule has 1 aliphatic rings. The second-order valence-corrected chi connectivity index (χ2v) is 6.67. The number of hydrogen-bond donors (Lipinski definition) is 2. The molecule has 0 unspecified atom stereocenters. The predicted molar refractivity (Wildman–Crippen MR) is 95.3 cm³/mol. The fourth-order valence-electron chi connectivity index (χ4n) is 3.62. The fraction of sp³-hybridized carbons (Fsp3) is 0.444. The van der Waals surface area contributed by atoms with Gasteiger partial charge in [0.2, 0.25) is 5.91 Å². The van der Waals surface area contributed by atoms with Gasteiger partial charge in [-0.25, -0.2) is 0 Å². The van der Waals surface area contributed by atoms with E-state index in [2.05, 4.69) is 20.6 Å². The van der Waals surface area contributed by atoms with Crippen LogP contribution in [-0.4, -0.2) is 41.6 Å². The molecule has 8 heteroatoms. The molecule has 136 valence electrons. The van der Waals surface area contributed by atoms with Crippen molar-refractivity contribution in [3.05, 3.63) is 42.1 Å². The van der Waals surface area contributed by atoms with Crippen molar-refractivity contribution < 1.29 is 9.90 Å². The van der Waals surface area contributed by atoms with Crippen molar-refractivity contribution in [2.75, 3.05) is 0 Å². The van der Waals surface area contributed by atoms with E-state index in [1.165, 1.54) is 0 Å². The second kappa shape index (κ2) is 6.87. The number of hydrogen-bond acceptors (Lipinski definition) is 5. The molecule has 1 fully saturated rings. The van der Waals surface area contributed by atoms with Crippen LogP contribution < -0.4 is 5.32 Å². The van der Waals surface area contributed by atoms with Gasteiger partial charge in [0.15, 0.2) is 5.82 Å². The molecule has 1 aromatic carbocycles. The molecular formula is C18H22N6O2. The highest BCUT2D eigenvalue weighted by Crippen LogP contribution is 2.36. The number of aliphatic hydroxyl groups is 1. The molecule has 1 amide bonds. The monoisotopic (exact) mass is 354 g/mol. The summed E-state index contributed by atoms with van der Waals surface area (Å²) in [6.07, 6.45) is 3.46. The lowest BCUT2D eigenvalue weighted by atomic mass is 9.79. The first-order valence-electron chi connectivity index (χ1n) is 8.92. The van der Waals surface area contributed by atoms with Gasteiger partial charge >= 0.3 is 0 Å². The minimum absolute atomic E-state index is 0.0321. The molecule has 1 saturated carbocycles. The van der Waals surface area contributed by atoms with Gasteiger partial charge in [-0.05, 0) is 25.8 Å². The Kier molecular flexibility index (Phi) is 4.42. The highest BCUT2D eigenvalue weighted by molar-refractivity contribution is 5.82. The Morgan fingerprint density at radius 3 is 2.88 bits per heavy atom. The zero-order valence-corrected chi connectivity index (χ0v) is 14.7. The van der Waals surface area contributed by atoms with Crippen LogP contribution in [0.5, 0.6) is 0 Å². The largest absolute Gasteiger partial charge is 0.388 e. The van der Waals surface area contributed by atoms with E-state index >= 15 is 0 Å². The number of nitrogens with one attached hydrogen (secondary N) is 1. The van der Waals surface area contributed by atoms with Crippen LogP contribution in [0.1, 0.15) is 37.3 Å². The summed E-state index contributed by atoms with van der Waals surface area (Å²) in [4.78, 5) is 12.3. The Morgan fingerprint density at radius 2 is 2.12 bits per heavy atom. The van der Waals surface area contributed by atoms with Gasteiger partial charge in [0, 0.05) is 23.9 Å². The molecule has 0 spiro atoms. The number of aliphatic hydroxyl groups excluding tert-OH is 1. The van der Waals surface area contributed by atoms with E-state index in [9.17, 15) is 9.90 Å². The molecule has 0 aliphatic heterocycles. The summed E-state index contributed by atoms with van der Waals surface area (Å²) in [5.74, 6) is 1.74. The van der Waals surface area contributed by atoms with E-state index in [1.807, 2.05) is 35.8 Å². The highest BCUT2D eigenvalue weighted by Gasteiger charge is 2.35. The van der Waals surface area contributed by atoms with E-state index < -0.39 is 0 Å². The van der Waals surface area contributed by atoms with Crippen LogP contribution in [0.3, 0.4) is 0 Å². The number of benzene rings is 1. The molecule has 3 aromatic rings. The molecule has 2 N–H and O–H groups in total. The van der Waals surface area contributed by atoms with Crippen molar-refractivity contribution in [3.63, 3.8) is 0 Å². The Labute approximate surface area is 150 Å². The normalized spacial score (nSPS) is 19.5. The van der Waals surface area contributed by atoms with Crippen LogP contribution in [0.4, 0.5) is 0 Å². The van der Waals surface area contributed by atoms with E-state index in [-0.39, 0.29) is 31.0 Å². The smallest absolute Gasteiger partial charge is 0.241 e. The number of fused-ring (bicyclic) bond motifs is 1. The van der Waals surface area contributed by atoms with Gasteiger partial charge in [-0.3, -0.25) is 9.48 Å². The minimum Gasteiger partial charge on any atom is -0.388 e. The average Bonchev–Trinajstić information content (AvgIpc) is 3.21. The third-order valence-corrected chi connectivity index (χ3v) is 5.03. The predicted octanol–water partition coefficient (Wildman–Crippen LogP) is 1.20. The fourth-order valence-corrected chi connectivity index (χ4v) is 3.62. The standard InChI is InChI=1S/C18H22N6O2/c1-2-23-16(11-25)21-22-18(23)13-7-14(8-13)20-17(26)10-24-15-6-4-3-5-12(15)9-19-24/h3-6,9,13-14,25H,2,7-8,10-11H2,1H3,(H,20,26). The lowest BCUT2D eigenvalue weighted by Gasteiger charge is -2.35. The number of nitrogens with zero attached hydrogens (tertiary/aromatic N) is 5. The van der Waals surface area contributed by atoms with Crippen molar-refractivity contribution in [2.24, 2.45) is 0 Å². The first-order valence-corrected chi connectivity index (χ1v) is 8.92. The van der Waals surface area contributed by atoms with Crippen molar-refractivity contribution in [1.29, 1.82) is 0 Å². The number of carbonyl (C=O) groups excluding carboxylic acids is 1. The summed E-state index contributed by atoms with van der Waals surface area (Å²) in [7, 11) is 0. The lowest BCUT2D eigenvalue weighted by Crippen LogP contribution is -2.45. The van der Waals surface area contributed by atoms with Gasteiger partial charge in [0.25, 0.3) is 0 Å². The maximum Gasteiger partial charge on any atom is 0.241 e. The first-order chi connectivity index (χ1) is 12.7. The van der Waals surface area contributed by atoms with E-state index in [0.29, 0.717) is 5.82 Å². The Morgan fingerprint density at radius 1 is 1.31 bits per heavy atom. The molecular weight excluding hydrogens is 332 g/mol. The van der Waals surface area contributed by atoms with Gasteiger partial charge in [0.1, 0.15) is 19.0 Å². The molecule has 0 radical (unpaired) electrons. The van der Waals surface area contributed by atoms with E-state index in [0.717, 1.165) is 36.1 Å². The maximum atomic E-state index is 12.3. The van der Waals surface area contributed by atoms with Crippen molar-refractivity contribution in [2.45, 2.75) is 51.4 Å². The van der Waals surface area contributed by atoms with E-state index in [1.54, 1.807) is 10.9 Å². The van der Waals surface area contributed by atoms with Crippen molar-refractivity contribution >= 4 is 16.8 Å². The summed E-state index contributed by atoms with van der Waals surface area (Å²) in [6, 6.07) is 8.00. The van der Waals surface area contributed by atoms with Crippen LogP contribution in [0.25, 0.3) is 10.9 Å². The van der Waals surface area contributed by atoms with Gasteiger partial charge < -0.3 is 15.0 Å². The Hall–Kier alpha value is -2.74. The molecule has 0 saturated heterocycles. The highest BCUT2D eigenvalue weighted by atomic mass is 16.3. The van der Waals surface area contributed by atoms with Crippen LogP contribution in [0, 0.1) is 0 Å². The number of aromatic nitrogens is 5. The second-order valence-electron chi connectivity index (χ2n) is 6.67. The summed E-state index contributed by atoms with van der Waals surface area (Å²) in [5, 5.41) is 26.0. The molecule has 2 aromatic heterocycles. The minimum atomic E-state index is -0.106. The SMILES string of the molecule is CCn1c(CO)nnc1C1CC(NC(=O)Cn2ncc3ccccc32)C1. The molecule has 2 heterocycles. The maximum absolute atomic E-state index is 12.3. The van der Waals surface area contributed by atoms with Crippen LogP contribution in [0.2, 0.25) is 0 Å². The number of rotatable bonds is 6. The quantitative estimate of drug-likeness (QED) is 0.693. The number of amides is 1. The molecule has 1 aliphatic carbocycles. The molecule has 26 heavy (non-hydrogen) atoms. The van der Waals surface area contributed by atoms with Gasteiger partial charge in [-0.2, -0.15) is 5.10 Å². The van der Waals surface area contributed by atoms with Gasteiger partial charge in [-0.1, -0.05) is 18.2 Å². The van der Waals surface area contributed by atoms with Crippen LogP contribution in [0.15, 0.2) is 30.5 Å². The van der Waals surface area contributed by atoms with Crippen LogP contribution >= 0.6 is 0 Å². The van der Waals surface area contributed by atoms with Gasteiger partial charge in [0.05, 0.1) is 11.7 Å². The summed E-state index contributed by atoms with van der Waals surface area (Å²) >= 11 is 0. The third kappa shape index (κ3) is 2.96. The number of para-hydroxylation sites is 1. The average molecular weight is 354 g/mol. The summed E-state index contributed by atoms with van der Waals surface area (Å²) in [5.41, 5.74) is 0.960. The van der Waals surface area contributed by atoms with Crippen molar-refractivity contribution in [3.8, 4) is 0 Å². The Balaban J connectivity index is 1.34. The topological polar surface area (TPSA) is 97.9 Å². The zero-order chi connectivity index (χ0) is 18.1. The number of carbonyl (C=O) groups is 1. The first kappa shape index (κ1) is 16.7. The molecule has 8 nitrogen and oxygen atoms in total. The zero-order valence-electron chi connectivity index (χ0n) is 14.7. The summed E-state index contributed by atoms with van der Waals surface area (Å²) < 4.78 is 3.68. The molecule has 0 atom stereocenters. The lowest BCUT2D eigenvalue weighted by molar-refractivity contribution is -0.123.